The van der Waals surface area contributed by atoms with E-state index in [1.807, 2.05) is 24.3 Å². The molecule has 33 heavy (non-hydrogen) atoms. The molecular formula is C29H42O4. The van der Waals surface area contributed by atoms with Gasteiger partial charge in [0.1, 0.15) is 17.2 Å². The van der Waals surface area contributed by atoms with Gasteiger partial charge in [-0.3, -0.25) is 0 Å². The molecule has 0 aliphatic rings. The van der Waals surface area contributed by atoms with Crippen LogP contribution in [0, 0.1) is 0 Å². The standard InChI is InChI=1S/C29H42O4/c1-3-5-7-9-10-11-12-14-24-31-26-17-15-25(16-18-26)29(30)33-28-21-19-27(20-22-28)32-23-13-8-6-4-2/h15-22H,3-14,23-24H2,1-2H3. The number of benzene rings is 2. The summed E-state index contributed by atoms with van der Waals surface area (Å²) in [5.41, 5.74) is 0.505. The maximum absolute atomic E-state index is 12.4. The number of unbranched alkanes of at least 4 members (excludes halogenated alkanes) is 10. The van der Waals surface area contributed by atoms with Gasteiger partial charge in [-0.1, -0.05) is 78.1 Å². The van der Waals surface area contributed by atoms with E-state index in [0.717, 1.165) is 24.3 Å². The van der Waals surface area contributed by atoms with E-state index in [2.05, 4.69) is 13.8 Å². The lowest BCUT2D eigenvalue weighted by atomic mass is 10.1. The lowest BCUT2D eigenvalue weighted by molar-refractivity contribution is 0.0734. The van der Waals surface area contributed by atoms with Crippen molar-refractivity contribution in [3.8, 4) is 17.2 Å². The Balaban J connectivity index is 1.64. The molecule has 0 aromatic heterocycles. The number of carbonyl (C=O) groups is 1. The third-order valence-electron chi connectivity index (χ3n) is 5.66. The van der Waals surface area contributed by atoms with E-state index in [4.69, 9.17) is 14.2 Å². The molecule has 0 saturated heterocycles. The Kier molecular flexibility index (Phi) is 13.8. The van der Waals surface area contributed by atoms with Gasteiger partial charge in [-0.25, -0.2) is 4.79 Å². The summed E-state index contributed by atoms with van der Waals surface area (Å²) in [6.07, 6.45) is 15.0. The first-order valence-electron chi connectivity index (χ1n) is 12.9. The summed E-state index contributed by atoms with van der Waals surface area (Å²) >= 11 is 0. The normalized spacial score (nSPS) is 10.7. The van der Waals surface area contributed by atoms with E-state index in [1.165, 1.54) is 64.2 Å². The fourth-order valence-corrected chi connectivity index (χ4v) is 3.60. The second-order valence-electron chi connectivity index (χ2n) is 8.62. The summed E-state index contributed by atoms with van der Waals surface area (Å²) < 4.78 is 17.0. The smallest absolute Gasteiger partial charge is 0.343 e. The van der Waals surface area contributed by atoms with Gasteiger partial charge in [0.15, 0.2) is 0 Å². The maximum Gasteiger partial charge on any atom is 0.343 e. The molecule has 2 aromatic rings. The Hall–Kier alpha value is -2.49. The summed E-state index contributed by atoms with van der Waals surface area (Å²) in [5, 5.41) is 0. The maximum atomic E-state index is 12.4. The molecule has 2 aromatic carbocycles. The molecule has 0 fully saturated rings. The van der Waals surface area contributed by atoms with E-state index in [-0.39, 0.29) is 5.97 Å². The minimum Gasteiger partial charge on any atom is -0.494 e. The molecule has 0 amide bonds. The molecule has 0 saturated carbocycles. The quantitative estimate of drug-likeness (QED) is 0.129. The van der Waals surface area contributed by atoms with E-state index in [9.17, 15) is 4.79 Å². The number of ether oxygens (including phenoxy) is 3. The Bertz CT molecular complexity index is 752. The zero-order valence-corrected chi connectivity index (χ0v) is 20.7. The van der Waals surface area contributed by atoms with Crippen LogP contribution in [-0.2, 0) is 0 Å². The first-order chi connectivity index (χ1) is 16.2. The highest BCUT2D eigenvalue weighted by molar-refractivity contribution is 5.91. The van der Waals surface area contributed by atoms with Crippen LogP contribution in [0.15, 0.2) is 48.5 Å². The van der Waals surface area contributed by atoms with Crippen LogP contribution in [0.4, 0.5) is 0 Å². The van der Waals surface area contributed by atoms with Crippen LogP contribution >= 0.6 is 0 Å². The second kappa shape index (κ2) is 17.0. The fraction of sp³-hybridized carbons (Fsp3) is 0.552. The van der Waals surface area contributed by atoms with Crippen molar-refractivity contribution < 1.29 is 19.0 Å². The molecule has 0 heterocycles. The molecule has 0 unspecified atom stereocenters. The molecule has 0 spiro atoms. The third-order valence-corrected chi connectivity index (χ3v) is 5.66. The largest absolute Gasteiger partial charge is 0.494 e. The summed E-state index contributed by atoms with van der Waals surface area (Å²) in [6, 6.07) is 14.4. The summed E-state index contributed by atoms with van der Waals surface area (Å²) in [4.78, 5) is 12.4. The number of esters is 1. The van der Waals surface area contributed by atoms with Gasteiger partial charge in [-0.05, 0) is 61.4 Å². The average molecular weight is 455 g/mol. The van der Waals surface area contributed by atoms with Crippen molar-refractivity contribution in [3.05, 3.63) is 54.1 Å². The van der Waals surface area contributed by atoms with Gasteiger partial charge >= 0.3 is 5.97 Å². The van der Waals surface area contributed by atoms with Gasteiger partial charge in [-0.2, -0.15) is 0 Å². The summed E-state index contributed by atoms with van der Waals surface area (Å²) in [6.45, 7) is 5.87. The summed E-state index contributed by atoms with van der Waals surface area (Å²) in [5.74, 6) is 1.71. The van der Waals surface area contributed by atoms with Gasteiger partial charge in [0, 0.05) is 0 Å². The van der Waals surface area contributed by atoms with Gasteiger partial charge in [0.2, 0.25) is 0 Å². The van der Waals surface area contributed by atoms with E-state index >= 15 is 0 Å². The number of hydrogen-bond donors (Lipinski definition) is 0. The van der Waals surface area contributed by atoms with Crippen molar-refractivity contribution in [2.45, 2.75) is 90.9 Å². The number of hydrogen-bond acceptors (Lipinski definition) is 4. The van der Waals surface area contributed by atoms with Gasteiger partial charge in [-0.15, -0.1) is 0 Å². The van der Waals surface area contributed by atoms with Crippen molar-refractivity contribution in [2.24, 2.45) is 0 Å². The molecule has 0 atom stereocenters. The van der Waals surface area contributed by atoms with Crippen molar-refractivity contribution in [1.82, 2.24) is 0 Å². The number of carbonyl (C=O) groups excluding carboxylic acids is 1. The summed E-state index contributed by atoms with van der Waals surface area (Å²) in [7, 11) is 0. The molecule has 4 heteroatoms. The molecule has 0 bridgehead atoms. The van der Waals surface area contributed by atoms with Crippen LogP contribution in [0.25, 0.3) is 0 Å². The van der Waals surface area contributed by atoms with E-state index < -0.39 is 0 Å². The van der Waals surface area contributed by atoms with Crippen LogP contribution in [0.2, 0.25) is 0 Å². The molecule has 4 nitrogen and oxygen atoms in total. The fourth-order valence-electron chi connectivity index (χ4n) is 3.60. The first kappa shape index (κ1) is 26.8. The predicted octanol–water partition coefficient (Wildman–Crippen LogP) is 8.38. The van der Waals surface area contributed by atoms with Crippen molar-refractivity contribution in [2.75, 3.05) is 13.2 Å². The molecule has 0 aliphatic carbocycles. The molecular weight excluding hydrogens is 412 g/mol. The van der Waals surface area contributed by atoms with Crippen molar-refractivity contribution >= 4 is 5.97 Å². The topological polar surface area (TPSA) is 44.8 Å². The first-order valence-corrected chi connectivity index (χ1v) is 12.9. The Labute approximate surface area is 200 Å². The second-order valence-corrected chi connectivity index (χ2v) is 8.62. The average Bonchev–Trinajstić information content (AvgIpc) is 2.84. The highest BCUT2D eigenvalue weighted by atomic mass is 16.5. The molecule has 2 rings (SSSR count). The zero-order chi connectivity index (χ0) is 23.6. The Morgan fingerprint density at radius 3 is 1.45 bits per heavy atom. The van der Waals surface area contributed by atoms with Crippen LogP contribution in [0.1, 0.15) is 101 Å². The van der Waals surface area contributed by atoms with Crippen LogP contribution in [0.3, 0.4) is 0 Å². The monoisotopic (exact) mass is 454 g/mol. The minimum absolute atomic E-state index is 0.377. The SMILES string of the molecule is CCCCCCCCCCOc1ccc(C(=O)Oc2ccc(OCCCCCC)cc2)cc1. The molecule has 0 radical (unpaired) electrons. The highest BCUT2D eigenvalue weighted by Crippen LogP contribution is 2.20. The lowest BCUT2D eigenvalue weighted by Crippen LogP contribution is -2.08. The van der Waals surface area contributed by atoms with Crippen LogP contribution in [-0.4, -0.2) is 19.2 Å². The Morgan fingerprint density at radius 1 is 0.545 bits per heavy atom. The number of rotatable bonds is 18. The third kappa shape index (κ3) is 11.8. The molecule has 0 aliphatic heterocycles. The predicted molar refractivity (Wildman–Crippen MR) is 136 cm³/mol. The van der Waals surface area contributed by atoms with E-state index in [1.54, 1.807) is 24.3 Å². The zero-order valence-electron chi connectivity index (χ0n) is 20.7. The highest BCUT2D eigenvalue weighted by Gasteiger charge is 2.09. The lowest BCUT2D eigenvalue weighted by Gasteiger charge is -2.09. The minimum atomic E-state index is -0.377. The Morgan fingerprint density at radius 2 is 0.939 bits per heavy atom. The molecule has 0 N–H and O–H groups in total. The molecule has 182 valence electrons. The van der Waals surface area contributed by atoms with Crippen LogP contribution in [0.5, 0.6) is 17.2 Å². The van der Waals surface area contributed by atoms with E-state index in [0.29, 0.717) is 24.5 Å². The van der Waals surface area contributed by atoms with Crippen molar-refractivity contribution in [1.29, 1.82) is 0 Å². The van der Waals surface area contributed by atoms with Gasteiger partial charge in [0.05, 0.1) is 18.8 Å². The van der Waals surface area contributed by atoms with Crippen LogP contribution < -0.4 is 14.2 Å². The van der Waals surface area contributed by atoms with Gasteiger partial charge in [0.25, 0.3) is 0 Å². The van der Waals surface area contributed by atoms with Gasteiger partial charge < -0.3 is 14.2 Å². The van der Waals surface area contributed by atoms with Crippen molar-refractivity contribution in [3.63, 3.8) is 0 Å².